The highest BCUT2D eigenvalue weighted by atomic mass is 32.2. The Hall–Kier alpha value is -3.67. The minimum absolute atomic E-state index is 0.234. The second-order valence-corrected chi connectivity index (χ2v) is 13.5. The van der Waals surface area contributed by atoms with Gasteiger partial charge in [-0.05, 0) is 88.7 Å². The van der Waals surface area contributed by atoms with Crippen molar-refractivity contribution in [1.82, 2.24) is 9.78 Å². The SMILES string of the molecule is Cc1cc(-c2ccc(S(=O)(=O)N(CCCOC(C)(C)C)c3ccc(NC(=O)Nc4ccccc4)cc3)s2)n(C)n1. The van der Waals surface area contributed by atoms with E-state index in [1.807, 2.05) is 65.1 Å². The molecule has 2 N–H and O–H groups in total. The van der Waals surface area contributed by atoms with Crippen molar-refractivity contribution in [2.24, 2.45) is 7.05 Å². The molecule has 4 rings (SSSR count). The number of hydrogen-bond acceptors (Lipinski definition) is 6. The highest BCUT2D eigenvalue weighted by molar-refractivity contribution is 7.94. The number of urea groups is 1. The number of aromatic nitrogens is 2. The van der Waals surface area contributed by atoms with E-state index in [1.54, 1.807) is 47.1 Å². The van der Waals surface area contributed by atoms with Crippen molar-refractivity contribution >= 4 is 44.5 Å². The summed E-state index contributed by atoms with van der Waals surface area (Å²) in [5.74, 6) is 0. The molecule has 2 aromatic carbocycles. The molecule has 9 nitrogen and oxygen atoms in total. The maximum Gasteiger partial charge on any atom is 0.323 e. The Balaban J connectivity index is 1.55. The fraction of sp³-hybridized carbons (Fsp3) is 0.310. The van der Waals surface area contributed by atoms with Gasteiger partial charge >= 0.3 is 6.03 Å². The van der Waals surface area contributed by atoms with E-state index in [2.05, 4.69) is 15.7 Å². The predicted octanol–water partition coefficient (Wildman–Crippen LogP) is 6.50. The number of ether oxygens (including phenoxy) is 1. The summed E-state index contributed by atoms with van der Waals surface area (Å²) in [6.45, 7) is 8.45. The summed E-state index contributed by atoms with van der Waals surface area (Å²) in [4.78, 5) is 13.2. The molecule has 40 heavy (non-hydrogen) atoms. The largest absolute Gasteiger partial charge is 0.376 e. The van der Waals surface area contributed by atoms with Gasteiger partial charge in [-0.3, -0.25) is 8.99 Å². The van der Waals surface area contributed by atoms with Crippen LogP contribution in [-0.4, -0.2) is 43.0 Å². The summed E-state index contributed by atoms with van der Waals surface area (Å²) < 4.78 is 37.1. The van der Waals surface area contributed by atoms with Crippen LogP contribution < -0.4 is 14.9 Å². The lowest BCUT2D eigenvalue weighted by atomic mass is 10.2. The fourth-order valence-corrected chi connectivity index (χ4v) is 7.02. The van der Waals surface area contributed by atoms with Crippen molar-refractivity contribution in [3.63, 3.8) is 0 Å². The molecule has 0 aliphatic rings. The highest BCUT2D eigenvalue weighted by Gasteiger charge is 2.27. The van der Waals surface area contributed by atoms with Crippen molar-refractivity contribution < 1.29 is 17.9 Å². The molecule has 0 aliphatic heterocycles. The molecule has 0 atom stereocenters. The summed E-state index contributed by atoms with van der Waals surface area (Å²) in [7, 11) is -2.03. The van der Waals surface area contributed by atoms with E-state index >= 15 is 0 Å². The van der Waals surface area contributed by atoms with Gasteiger partial charge in [0.05, 0.1) is 27.6 Å². The summed E-state index contributed by atoms with van der Waals surface area (Å²) in [6, 6.07) is 20.9. The predicted molar refractivity (Wildman–Crippen MR) is 162 cm³/mol. The monoisotopic (exact) mass is 581 g/mol. The second-order valence-electron chi connectivity index (χ2n) is 10.3. The van der Waals surface area contributed by atoms with Crippen molar-refractivity contribution in [2.75, 3.05) is 28.1 Å². The van der Waals surface area contributed by atoms with Crippen LogP contribution >= 0.6 is 11.3 Å². The number of rotatable bonds is 10. The van der Waals surface area contributed by atoms with Gasteiger partial charge in [-0.2, -0.15) is 5.10 Å². The van der Waals surface area contributed by atoms with Gasteiger partial charge < -0.3 is 15.4 Å². The molecule has 2 heterocycles. The average molecular weight is 582 g/mol. The summed E-state index contributed by atoms with van der Waals surface area (Å²) in [5.41, 5.74) is 3.11. The third kappa shape index (κ3) is 7.50. The zero-order chi connectivity index (χ0) is 28.9. The van der Waals surface area contributed by atoms with E-state index in [0.29, 0.717) is 30.1 Å². The summed E-state index contributed by atoms with van der Waals surface area (Å²) in [6.07, 6.45) is 0.509. The van der Waals surface area contributed by atoms with Gasteiger partial charge in [0.2, 0.25) is 0 Å². The van der Waals surface area contributed by atoms with Crippen LogP contribution in [0.15, 0.2) is 77.0 Å². The summed E-state index contributed by atoms with van der Waals surface area (Å²) >= 11 is 1.21. The van der Waals surface area contributed by atoms with Crippen LogP contribution in [0.4, 0.5) is 21.9 Å². The van der Waals surface area contributed by atoms with Gasteiger partial charge in [0.25, 0.3) is 10.0 Å². The van der Waals surface area contributed by atoms with E-state index in [-0.39, 0.29) is 22.4 Å². The van der Waals surface area contributed by atoms with Crippen LogP contribution in [0.5, 0.6) is 0 Å². The van der Waals surface area contributed by atoms with Crippen LogP contribution in [0.3, 0.4) is 0 Å². The smallest absolute Gasteiger partial charge is 0.323 e. The molecule has 0 saturated heterocycles. The Morgan fingerprint density at radius 1 is 1.00 bits per heavy atom. The van der Waals surface area contributed by atoms with Crippen molar-refractivity contribution in [3.8, 4) is 10.6 Å². The molecule has 0 fully saturated rings. The van der Waals surface area contributed by atoms with E-state index in [1.165, 1.54) is 15.6 Å². The number of benzene rings is 2. The molecule has 11 heteroatoms. The maximum absolute atomic E-state index is 13.9. The Labute approximate surface area is 239 Å². The number of amides is 2. The van der Waals surface area contributed by atoms with Gasteiger partial charge in [-0.25, -0.2) is 13.2 Å². The lowest BCUT2D eigenvalue weighted by Crippen LogP contribution is -2.32. The first-order chi connectivity index (χ1) is 18.9. The molecule has 0 bridgehead atoms. The number of nitrogens with zero attached hydrogens (tertiary/aromatic N) is 3. The van der Waals surface area contributed by atoms with Crippen LogP contribution in [0, 0.1) is 6.92 Å². The second kappa shape index (κ2) is 12.2. The molecular formula is C29H35N5O4S2. The molecule has 0 unspecified atom stereocenters. The lowest BCUT2D eigenvalue weighted by molar-refractivity contribution is -0.00302. The van der Waals surface area contributed by atoms with Gasteiger partial charge in [0.1, 0.15) is 4.21 Å². The molecular weight excluding hydrogens is 546 g/mol. The molecule has 0 aliphatic carbocycles. The Kier molecular flexibility index (Phi) is 8.97. The van der Waals surface area contributed by atoms with E-state index in [0.717, 1.165) is 16.3 Å². The van der Waals surface area contributed by atoms with Gasteiger partial charge in [0, 0.05) is 31.6 Å². The zero-order valence-electron chi connectivity index (χ0n) is 23.3. The first-order valence-corrected chi connectivity index (χ1v) is 15.2. The number of nitrogens with one attached hydrogen (secondary N) is 2. The minimum atomic E-state index is -3.87. The Morgan fingerprint density at radius 3 is 2.25 bits per heavy atom. The molecule has 0 radical (unpaired) electrons. The first-order valence-electron chi connectivity index (χ1n) is 12.9. The highest BCUT2D eigenvalue weighted by Crippen LogP contribution is 2.34. The van der Waals surface area contributed by atoms with Crippen LogP contribution in [-0.2, 0) is 21.8 Å². The first kappa shape index (κ1) is 29.3. The Morgan fingerprint density at radius 2 is 1.65 bits per heavy atom. The standard InChI is InChI=1S/C29H35N5O4S2/c1-21-20-25(33(5)32-21)26-16-17-27(39-26)40(36,37)34(18-9-19-38-29(2,3)4)24-14-12-23(13-15-24)31-28(35)30-22-10-7-6-8-11-22/h6-8,10-17,20H,9,18-19H2,1-5H3,(H2,30,31,35). The van der Waals surface area contributed by atoms with Gasteiger partial charge in [0.15, 0.2) is 0 Å². The van der Waals surface area contributed by atoms with E-state index in [4.69, 9.17) is 4.74 Å². The minimum Gasteiger partial charge on any atom is -0.376 e. The van der Waals surface area contributed by atoms with E-state index in [9.17, 15) is 13.2 Å². The third-order valence-corrected chi connectivity index (χ3v) is 9.27. The third-order valence-electron chi connectivity index (χ3n) is 5.87. The molecule has 212 valence electrons. The van der Waals surface area contributed by atoms with E-state index < -0.39 is 10.0 Å². The molecule has 2 amide bonds. The maximum atomic E-state index is 13.9. The molecule has 4 aromatic rings. The number of carbonyl (C=O) groups is 1. The lowest BCUT2D eigenvalue weighted by Gasteiger charge is -2.25. The normalized spacial score (nSPS) is 11.8. The number of thiophene rings is 1. The van der Waals surface area contributed by atoms with Gasteiger partial charge in [-0.1, -0.05) is 18.2 Å². The zero-order valence-corrected chi connectivity index (χ0v) is 25.0. The average Bonchev–Trinajstić information content (AvgIpc) is 3.51. The Bertz CT molecular complexity index is 1540. The van der Waals surface area contributed by atoms with Crippen LogP contribution in [0.1, 0.15) is 32.9 Å². The molecule has 2 aromatic heterocycles. The number of sulfonamides is 1. The van der Waals surface area contributed by atoms with Crippen LogP contribution in [0.2, 0.25) is 0 Å². The number of para-hydroxylation sites is 1. The van der Waals surface area contributed by atoms with Crippen molar-refractivity contribution in [2.45, 2.75) is 43.9 Å². The number of carbonyl (C=O) groups excluding carboxylic acids is 1. The number of aryl methyl sites for hydroxylation is 2. The van der Waals surface area contributed by atoms with Crippen LogP contribution in [0.25, 0.3) is 10.6 Å². The molecule has 0 spiro atoms. The fourth-order valence-electron chi connectivity index (χ4n) is 4.05. The van der Waals surface area contributed by atoms with Gasteiger partial charge in [-0.15, -0.1) is 11.3 Å². The number of hydrogen-bond donors (Lipinski definition) is 2. The van der Waals surface area contributed by atoms with Crippen molar-refractivity contribution in [1.29, 1.82) is 0 Å². The molecule has 0 saturated carbocycles. The van der Waals surface area contributed by atoms with Crippen molar-refractivity contribution in [3.05, 3.63) is 78.5 Å². The topological polar surface area (TPSA) is 106 Å². The summed E-state index contributed by atoms with van der Waals surface area (Å²) in [5, 5.41) is 9.92. The quantitative estimate of drug-likeness (QED) is 0.208. The number of anilines is 3.